The predicted octanol–water partition coefficient (Wildman–Crippen LogP) is 3.58. The van der Waals surface area contributed by atoms with Crippen molar-refractivity contribution in [3.05, 3.63) is 17.2 Å². The van der Waals surface area contributed by atoms with Crippen LogP contribution in [0.5, 0.6) is 0 Å². The molecule has 1 fully saturated rings. The van der Waals surface area contributed by atoms with E-state index in [2.05, 4.69) is 37.6 Å². The number of hydrogen-bond donors (Lipinski definition) is 1. The van der Waals surface area contributed by atoms with Crippen molar-refractivity contribution in [2.24, 2.45) is 5.92 Å². The van der Waals surface area contributed by atoms with Crippen molar-refractivity contribution in [2.75, 3.05) is 6.54 Å². The van der Waals surface area contributed by atoms with Crippen molar-refractivity contribution in [1.29, 1.82) is 0 Å². The van der Waals surface area contributed by atoms with E-state index in [1.807, 2.05) is 0 Å². The highest BCUT2D eigenvalue weighted by molar-refractivity contribution is 5.25. The number of nitrogens with one attached hydrogen (secondary N) is 1. The number of hydrogen-bond acceptors (Lipinski definition) is 2. The van der Waals surface area contributed by atoms with Gasteiger partial charge in [0.05, 0.1) is 5.69 Å². The third-order valence-electron chi connectivity index (χ3n) is 4.99. The SMILES string of the molecule is CC1CCCCC1n1c(C(C)(C)C)nc2c1CCNC2. The first-order valence-electron chi connectivity index (χ1n) is 8.29. The van der Waals surface area contributed by atoms with Gasteiger partial charge in [-0.2, -0.15) is 0 Å². The third-order valence-corrected chi connectivity index (χ3v) is 4.99. The standard InChI is InChI=1S/C17H29N3/c1-12-7-5-6-8-14(12)20-15-9-10-18-11-13(15)19-16(20)17(2,3)4/h12,14,18H,5-11H2,1-4H3. The molecule has 0 bridgehead atoms. The van der Waals surface area contributed by atoms with Crippen LogP contribution in [0.2, 0.25) is 0 Å². The summed E-state index contributed by atoms with van der Waals surface area (Å²) >= 11 is 0. The summed E-state index contributed by atoms with van der Waals surface area (Å²) in [5.74, 6) is 2.10. The van der Waals surface area contributed by atoms with Gasteiger partial charge in [0.25, 0.3) is 0 Å². The van der Waals surface area contributed by atoms with Crippen LogP contribution in [-0.2, 0) is 18.4 Å². The minimum Gasteiger partial charge on any atom is -0.328 e. The van der Waals surface area contributed by atoms with Crippen LogP contribution in [0, 0.1) is 5.92 Å². The molecule has 1 aliphatic carbocycles. The quantitative estimate of drug-likeness (QED) is 0.849. The largest absolute Gasteiger partial charge is 0.328 e. The van der Waals surface area contributed by atoms with E-state index >= 15 is 0 Å². The lowest BCUT2D eigenvalue weighted by molar-refractivity contribution is 0.240. The molecule has 2 aliphatic rings. The second-order valence-corrected chi connectivity index (χ2v) is 7.70. The molecule has 0 aromatic carbocycles. The van der Waals surface area contributed by atoms with Crippen LogP contribution in [0.15, 0.2) is 0 Å². The van der Waals surface area contributed by atoms with Crippen LogP contribution in [0.3, 0.4) is 0 Å². The minimum atomic E-state index is 0.133. The number of rotatable bonds is 1. The average Bonchev–Trinajstić information content (AvgIpc) is 2.79. The number of imidazole rings is 1. The monoisotopic (exact) mass is 275 g/mol. The Bertz CT molecular complexity index is 481. The molecular formula is C17H29N3. The number of nitrogens with zero attached hydrogens (tertiary/aromatic N) is 2. The zero-order valence-corrected chi connectivity index (χ0v) is 13.5. The normalized spacial score (nSPS) is 27.4. The van der Waals surface area contributed by atoms with Gasteiger partial charge < -0.3 is 9.88 Å². The maximum atomic E-state index is 5.03. The van der Waals surface area contributed by atoms with E-state index in [-0.39, 0.29) is 5.41 Å². The Morgan fingerprint density at radius 2 is 1.95 bits per heavy atom. The molecule has 0 amide bonds. The highest BCUT2D eigenvalue weighted by atomic mass is 15.2. The van der Waals surface area contributed by atoms with Crippen molar-refractivity contribution in [2.45, 2.75) is 77.8 Å². The molecule has 1 aromatic heterocycles. The molecule has 3 rings (SSSR count). The summed E-state index contributed by atoms with van der Waals surface area (Å²) in [4.78, 5) is 5.03. The van der Waals surface area contributed by atoms with Gasteiger partial charge in [0.2, 0.25) is 0 Å². The van der Waals surface area contributed by atoms with E-state index in [1.165, 1.54) is 42.9 Å². The molecule has 0 spiro atoms. The Kier molecular flexibility index (Phi) is 3.65. The summed E-state index contributed by atoms with van der Waals surface area (Å²) in [7, 11) is 0. The second kappa shape index (κ2) is 5.18. The molecule has 1 saturated carbocycles. The molecule has 20 heavy (non-hydrogen) atoms. The molecule has 112 valence electrons. The van der Waals surface area contributed by atoms with Gasteiger partial charge in [-0.1, -0.05) is 40.5 Å². The Hall–Kier alpha value is -0.830. The smallest absolute Gasteiger partial charge is 0.114 e. The summed E-state index contributed by atoms with van der Waals surface area (Å²) < 4.78 is 2.65. The van der Waals surface area contributed by atoms with E-state index in [9.17, 15) is 0 Å². The summed E-state index contributed by atoms with van der Waals surface area (Å²) in [5.41, 5.74) is 2.96. The van der Waals surface area contributed by atoms with Crippen molar-refractivity contribution < 1.29 is 0 Å². The molecule has 1 N–H and O–H groups in total. The zero-order valence-electron chi connectivity index (χ0n) is 13.5. The number of aromatic nitrogens is 2. The fraction of sp³-hybridized carbons (Fsp3) is 0.824. The maximum Gasteiger partial charge on any atom is 0.114 e. The van der Waals surface area contributed by atoms with Gasteiger partial charge in [0.1, 0.15) is 5.82 Å². The van der Waals surface area contributed by atoms with Gasteiger partial charge in [0.15, 0.2) is 0 Å². The van der Waals surface area contributed by atoms with Crippen molar-refractivity contribution in [3.63, 3.8) is 0 Å². The van der Waals surface area contributed by atoms with Crippen LogP contribution >= 0.6 is 0 Å². The summed E-state index contributed by atoms with van der Waals surface area (Å²) in [6, 6.07) is 0.673. The fourth-order valence-corrected chi connectivity index (χ4v) is 3.90. The minimum absolute atomic E-state index is 0.133. The van der Waals surface area contributed by atoms with E-state index in [0.29, 0.717) is 6.04 Å². The summed E-state index contributed by atoms with van der Waals surface area (Å²) in [6.07, 6.45) is 6.63. The van der Waals surface area contributed by atoms with Gasteiger partial charge in [-0.3, -0.25) is 0 Å². The van der Waals surface area contributed by atoms with E-state index in [1.54, 1.807) is 0 Å². The van der Waals surface area contributed by atoms with E-state index in [4.69, 9.17) is 4.98 Å². The molecule has 2 atom stereocenters. The van der Waals surface area contributed by atoms with Crippen LogP contribution in [-0.4, -0.2) is 16.1 Å². The molecule has 3 heteroatoms. The van der Waals surface area contributed by atoms with Gasteiger partial charge in [-0.05, 0) is 18.8 Å². The van der Waals surface area contributed by atoms with Gasteiger partial charge in [-0.25, -0.2) is 4.98 Å². The first kappa shape index (κ1) is 14.1. The van der Waals surface area contributed by atoms with Gasteiger partial charge in [0, 0.05) is 36.7 Å². The Morgan fingerprint density at radius 3 is 2.65 bits per heavy atom. The van der Waals surface area contributed by atoms with E-state index in [0.717, 1.165) is 25.4 Å². The lowest BCUT2D eigenvalue weighted by Gasteiger charge is -2.35. The van der Waals surface area contributed by atoms with Crippen LogP contribution in [0.4, 0.5) is 0 Å². The molecule has 3 nitrogen and oxygen atoms in total. The lowest BCUT2D eigenvalue weighted by Crippen LogP contribution is -2.30. The van der Waals surface area contributed by atoms with Crippen LogP contribution in [0.25, 0.3) is 0 Å². The predicted molar refractivity (Wildman–Crippen MR) is 83.0 cm³/mol. The van der Waals surface area contributed by atoms with Crippen molar-refractivity contribution in [3.8, 4) is 0 Å². The van der Waals surface area contributed by atoms with Crippen LogP contribution < -0.4 is 5.32 Å². The highest BCUT2D eigenvalue weighted by Crippen LogP contribution is 2.39. The Morgan fingerprint density at radius 1 is 1.20 bits per heavy atom. The fourth-order valence-electron chi connectivity index (χ4n) is 3.90. The second-order valence-electron chi connectivity index (χ2n) is 7.70. The molecule has 0 radical (unpaired) electrons. The number of fused-ring (bicyclic) bond motifs is 1. The third kappa shape index (κ3) is 2.41. The molecular weight excluding hydrogens is 246 g/mol. The summed E-state index contributed by atoms with van der Waals surface area (Å²) in [6.45, 7) is 11.4. The van der Waals surface area contributed by atoms with Gasteiger partial charge >= 0.3 is 0 Å². The first-order valence-corrected chi connectivity index (χ1v) is 8.29. The lowest BCUT2D eigenvalue weighted by atomic mass is 9.84. The average molecular weight is 275 g/mol. The molecule has 1 aliphatic heterocycles. The summed E-state index contributed by atoms with van der Waals surface area (Å²) in [5, 5.41) is 3.47. The first-order chi connectivity index (χ1) is 9.48. The topological polar surface area (TPSA) is 29.9 Å². The van der Waals surface area contributed by atoms with Crippen molar-refractivity contribution >= 4 is 0 Å². The van der Waals surface area contributed by atoms with Gasteiger partial charge in [-0.15, -0.1) is 0 Å². The van der Waals surface area contributed by atoms with Crippen LogP contribution in [0.1, 0.15) is 76.6 Å². The molecule has 1 aromatic rings. The highest BCUT2D eigenvalue weighted by Gasteiger charge is 2.33. The van der Waals surface area contributed by atoms with E-state index < -0.39 is 0 Å². The molecule has 0 saturated heterocycles. The molecule has 2 heterocycles. The Labute approximate surface area is 123 Å². The zero-order chi connectivity index (χ0) is 14.3. The maximum absolute atomic E-state index is 5.03. The molecule has 2 unspecified atom stereocenters. The Balaban J connectivity index is 2.09. The van der Waals surface area contributed by atoms with Crippen molar-refractivity contribution in [1.82, 2.24) is 14.9 Å².